The third-order valence-electron chi connectivity index (χ3n) is 4.94. The van der Waals surface area contributed by atoms with Crippen LogP contribution in [0.15, 0.2) is 42.5 Å². The molecule has 1 aliphatic heterocycles. The van der Waals surface area contributed by atoms with Crippen molar-refractivity contribution >= 4 is 68.4 Å². The minimum Gasteiger partial charge on any atom is -0.352 e. The molecule has 3 heterocycles. The fourth-order valence-electron chi connectivity index (χ4n) is 3.27. The van der Waals surface area contributed by atoms with Gasteiger partial charge in [-0.15, -0.1) is 0 Å². The monoisotopic (exact) mass is 534 g/mol. The average Bonchev–Trinajstić information content (AvgIpc) is 3.42. The first kappa shape index (κ1) is 24.6. The number of carbonyl (C=O) groups is 3. The Balaban J connectivity index is 0.000000308. The van der Waals surface area contributed by atoms with Gasteiger partial charge in [0.1, 0.15) is 18.1 Å². The lowest BCUT2D eigenvalue weighted by molar-refractivity contribution is -0.122. The van der Waals surface area contributed by atoms with E-state index >= 15 is 0 Å². The Labute approximate surface area is 212 Å². The van der Waals surface area contributed by atoms with E-state index in [4.69, 9.17) is 23.2 Å². The molecule has 0 saturated carbocycles. The highest BCUT2D eigenvalue weighted by Gasteiger charge is 2.28. The summed E-state index contributed by atoms with van der Waals surface area (Å²) < 4.78 is 18.5. The zero-order chi connectivity index (χ0) is 25.1. The number of amides is 3. The Bertz CT molecular complexity index is 1420. The summed E-state index contributed by atoms with van der Waals surface area (Å²) >= 11 is 12.7. The van der Waals surface area contributed by atoms with Gasteiger partial charge in [0.05, 0.1) is 16.9 Å². The smallest absolute Gasteiger partial charge is 0.287 e. The van der Waals surface area contributed by atoms with Gasteiger partial charge in [0.25, 0.3) is 11.8 Å². The molecule has 1 aliphatic rings. The molecule has 5 rings (SSSR count). The van der Waals surface area contributed by atoms with Crippen LogP contribution in [0.25, 0.3) is 10.1 Å². The van der Waals surface area contributed by atoms with E-state index in [0.717, 1.165) is 4.70 Å². The van der Waals surface area contributed by atoms with Crippen molar-refractivity contribution in [3.05, 3.63) is 75.5 Å². The number of hydrogen-bond acceptors (Lipinski definition) is 6. The normalized spacial score (nSPS) is 12.3. The Hall–Kier alpha value is -3.54. The molecule has 0 saturated heterocycles. The van der Waals surface area contributed by atoms with E-state index in [2.05, 4.69) is 25.3 Å². The number of nitrogens with zero attached hydrogens (tertiary/aromatic N) is 3. The van der Waals surface area contributed by atoms with Crippen LogP contribution >= 0.6 is 34.7 Å². The second-order valence-electron chi connectivity index (χ2n) is 7.23. The third kappa shape index (κ3) is 5.42. The summed E-state index contributed by atoms with van der Waals surface area (Å²) in [6, 6.07) is 10.9. The van der Waals surface area contributed by atoms with Crippen LogP contribution in [0, 0.1) is 5.82 Å². The number of carbonyl (C=O) groups excluding carboxylic acids is 3. The number of benzene rings is 2. The van der Waals surface area contributed by atoms with Crippen molar-refractivity contribution in [2.45, 2.75) is 13.1 Å². The summed E-state index contributed by atoms with van der Waals surface area (Å²) in [7, 11) is 1.47. The molecular weight excluding hydrogens is 518 g/mol. The van der Waals surface area contributed by atoms with E-state index in [1.54, 1.807) is 18.2 Å². The van der Waals surface area contributed by atoms with Gasteiger partial charge in [-0.2, -0.15) is 4.37 Å². The standard InChI is InChI=1S/C16H13ClN6O3S.C6H4ClF/c1-18-16(26)14-20-13(9-5-19-11(24)6-23(9)14)21-15(25)12-8-4-7(17)2-3-10(8)27-22-12;7-5-1-3-6(8)4-2-5/h2-4H,5-6H2,1H3,(H,18,26)(H,19,24)(H,21,25);1-4H. The van der Waals surface area contributed by atoms with Gasteiger partial charge >= 0.3 is 0 Å². The van der Waals surface area contributed by atoms with Crippen molar-refractivity contribution in [1.82, 2.24) is 24.6 Å². The van der Waals surface area contributed by atoms with Gasteiger partial charge in [-0.3, -0.25) is 14.4 Å². The van der Waals surface area contributed by atoms with Crippen molar-refractivity contribution in [2.24, 2.45) is 0 Å². The van der Waals surface area contributed by atoms with Crippen molar-refractivity contribution < 1.29 is 18.8 Å². The molecule has 0 unspecified atom stereocenters. The van der Waals surface area contributed by atoms with Crippen molar-refractivity contribution in [3.63, 3.8) is 0 Å². The summed E-state index contributed by atoms with van der Waals surface area (Å²) in [5, 5.41) is 9.56. The highest BCUT2D eigenvalue weighted by molar-refractivity contribution is 7.13. The molecule has 0 radical (unpaired) electrons. The molecule has 4 aromatic rings. The second-order valence-corrected chi connectivity index (χ2v) is 8.91. The maximum atomic E-state index is 12.8. The molecule has 9 nitrogen and oxygen atoms in total. The maximum absolute atomic E-state index is 12.8. The minimum absolute atomic E-state index is 0.0454. The fraction of sp³-hybridized carbons (Fsp3) is 0.136. The molecule has 0 atom stereocenters. The average molecular weight is 535 g/mol. The highest BCUT2D eigenvalue weighted by Crippen LogP contribution is 2.27. The Morgan fingerprint density at radius 1 is 1.11 bits per heavy atom. The molecule has 3 N–H and O–H groups in total. The van der Waals surface area contributed by atoms with Crippen LogP contribution in [0.5, 0.6) is 0 Å². The number of fused-ring (bicyclic) bond motifs is 2. The highest BCUT2D eigenvalue weighted by atomic mass is 35.5. The predicted octanol–water partition coefficient (Wildman–Crippen LogP) is 3.87. The molecule has 0 spiro atoms. The fourth-order valence-corrected chi connectivity index (χ4v) is 4.33. The number of aromatic nitrogens is 3. The van der Waals surface area contributed by atoms with E-state index < -0.39 is 11.8 Å². The Morgan fingerprint density at radius 2 is 1.83 bits per heavy atom. The van der Waals surface area contributed by atoms with Crippen molar-refractivity contribution in [1.29, 1.82) is 0 Å². The molecule has 35 heavy (non-hydrogen) atoms. The number of hydrogen-bond donors (Lipinski definition) is 3. The third-order valence-corrected chi connectivity index (χ3v) is 6.25. The van der Waals surface area contributed by atoms with Crippen LogP contribution in [0.2, 0.25) is 10.0 Å². The SMILES string of the molecule is CNC(=O)c1nc(NC(=O)c2nsc3ccc(Cl)cc23)c2n1CC(=O)NC2.Fc1ccc(Cl)cc1. The van der Waals surface area contributed by atoms with Crippen LogP contribution in [0.4, 0.5) is 10.2 Å². The first-order valence-corrected chi connectivity index (χ1v) is 11.6. The first-order valence-electron chi connectivity index (χ1n) is 10.1. The maximum Gasteiger partial charge on any atom is 0.287 e. The van der Waals surface area contributed by atoms with Crippen molar-refractivity contribution in [3.8, 4) is 0 Å². The van der Waals surface area contributed by atoms with Crippen molar-refractivity contribution in [2.75, 3.05) is 12.4 Å². The lowest BCUT2D eigenvalue weighted by atomic mass is 10.2. The first-order chi connectivity index (χ1) is 16.8. The number of halogens is 3. The molecule has 180 valence electrons. The molecule has 0 aliphatic carbocycles. The number of anilines is 1. The van der Waals surface area contributed by atoms with Gasteiger partial charge in [0.2, 0.25) is 11.7 Å². The molecular formula is C22H17Cl2FN6O3S. The van der Waals surface area contributed by atoms with Gasteiger partial charge in [-0.1, -0.05) is 23.2 Å². The van der Waals surface area contributed by atoms with Gasteiger partial charge in [-0.25, -0.2) is 9.37 Å². The molecule has 13 heteroatoms. The lowest BCUT2D eigenvalue weighted by Gasteiger charge is -2.17. The van der Waals surface area contributed by atoms with Gasteiger partial charge in [0.15, 0.2) is 5.82 Å². The predicted molar refractivity (Wildman–Crippen MR) is 131 cm³/mol. The van der Waals surface area contributed by atoms with E-state index in [1.165, 1.54) is 47.4 Å². The Kier molecular flexibility index (Phi) is 7.29. The van der Waals surface area contributed by atoms with E-state index in [9.17, 15) is 18.8 Å². The molecule has 2 aromatic carbocycles. The van der Waals surface area contributed by atoms with E-state index in [-0.39, 0.29) is 42.2 Å². The second kappa shape index (κ2) is 10.4. The number of nitrogens with one attached hydrogen (secondary N) is 3. The van der Waals surface area contributed by atoms with Crippen LogP contribution in [0.1, 0.15) is 26.8 Å². The topological polar surface area (TPSA) is 118 Å². The minimum atomic E-state index is -0.468. The zero-order valence-corrected chi connectivity index (χ0v) is 20.4. The van der Waals surface area contributed by atoms with Crippen LogP contribution in [0.3, 0.4) is 0 Å². The molecule has 0 fully saturated rings. The largest absolute Gasteiger partial charge is 0.352 e. The van der Waals surface area contributed by atoms with Crippen LogP contribution in [-0.4, -0.2) is 38.7 Å². The molecule has 2 aromatic heterocycles. The summed E-state index contributed by atoms with van der Waals surface area (Å²) in [5.74, 6) is -1.13. The molecule has 3 amide bonds. The van der Waals surface area contributed by atoms with Crippen LogP contribution < -0.4 is 16.0 Å². The quantitative estimate of drug-likeness (QED) is 0.368. The zero-order valence-electron chi connectivity index (χ0n) is 18.1. The van der Waals surface area contributed by atoms with Gasteiger partial charge in [0, 0.05) is 22.5 Å². The summed E-state index contributed by atoms with van der Waals surface area (Å²) in [4.78, 5) is 40.7. The van der Waals surface area contributed by atoms with Gasteiger partial charge < -0.3 is 20.5 Å². The lowest BCUT2D eigenvalue weighted by Crippen LogP contribution is -2.36. The van der Waals surface area contributed by atoms with E-state index in [1.807, 2.05) is 0 Å². The van der Waals surface area contributed by atoms with E-state index in [0.29, 0.717) is 21.1 Å². The number of imidazole rings is 1. The number of rotatable bonds is 3. The summed E-state index contributed by atoms with van der Waals surface area (Å²) in [5.41, 5.74) is 0.764. The molecule has 0 bridgehead atoms. The van der Waals surface area contributed by atoms with Gasteiger partial charge in [-0.05, 0) is 54.0 Å². The summed E-state index contributed by atoms with van der Waals surface area (Å²) in [6.45, 7) is 0.109. The Morgan fingerprint density at radius 3 is 2.51 bits per heavy atom. The summed E-state index contributed by atoms with van der Waals surface area (Å²) in [6.07, 6.45) is 0. The van der Waals surface area contributed by atoms with Crippen LogP contribution in [-0.2, 0) is 17.9 Å².